The summed E-state index contributed by atoms with van der Waals surface area (Å²) < 4.78 is 5.01. The highest BCUT2D eigenvalue weighted by molar-refractivity contribution is 5.94. The Morgan fingerprint density at radius 1 is 1.24 bits per heavy atom. The van der Waals surface area contributed by atoms with Crippen LogP contribution in [0.1, 0.15) is 42.7 Å². The van der Waals surface area contributed by atoms with Crippen molar-refractivity contribution in [1.82, 2.24) is 10.2 Å². The first-order valence-electron chi connectivity index (χ1n) is 7.83. The average molecular weight is 290 g/mol. The average Bonchev–Trinajstić information content (AvgIpc) is 3.06. The summed E-state index contributed by atoms with van der Waals surface area (Å²) in [5.74, 6) is 1.39. The van der Waals surface area contributed by atoms with Gasteiger partial charge in [-0.2, -0.15) is 0 Å². The Morgan fingerprint density at radius 3 is 2.81 bits per heavy atom. The van der Waals surface area contributed by atoms with E-state index in [-0.39, 0.29) is 24.1 Å². The summed E-state index contributed by atoms with van der Waals surface area (Å²) in [6.07, 6.45) is 7.76. The number of furan rings is 1. The molecule has 1 saturated heterocycles. The van der Waals surface area contributed by atoms with Crippen molar-refractivity contribution in [1.29, 1.82) is 0 Å². The predicted molar refractivity (Wildman–Crippen MR) is 77.7 cm³/mol. The Labute approximate surface area is 124 Å². The Bertz CT molecular complexity index is 498. The number of carbonyl (C=O) groups excluding carboxylic acids is 2. The third-order valence-corrected chi connectivity index (χ3v) is 4.79. The minimum Gasteiger partial charge on any atom is -0.459 e. The molecule has 2 aliphatic rings. The Kier molecular flexibility index (Phi) is 4.27. The standard InChI is InChI=1S/C16H22N2O3/c19-15(10-17-16(20)14-6-3-9-21-14)18-8-7-12-4-1-2-5-13(12)11-18/h3,6,9,12-13H,1-2,4-5,7-8,10-11H2,(H,17,20)/t12-,13-/m0/s1. The van der Waals surface area contributed by atoms with E-state index < -0.39 is 0 Å². The first-order chi connectivity index (χ1) is 10.2. The van der Waals surface area contributed by atoms with Crippen molar-refractivity contribution < 1.29 is 14.0 Å². The number of nitrogens with one attached hydrogen (secondary N) is 1. The van der Waals surface area contributed by atoms with Gasteiger partial charge in [0.2, 0.25) is 5.91 Å². The normalized spacial score (nSPS) is 25.2. The molecular formula is C16H22N2O3. The lowest BCUT2D eigenvalue weighted by Gasteiger charge is -2.41. The Morgan fingerprint density at radius 2 is 2.05 bits per heavy atom. The van der Waals surface area contributed by atoms with Crippen molar-refractivity contribution in [3.8, 4) is 0 Å². The van der Waals surface area contributed by atoms with E-state index in [1.807, 2.05) is 4.90 Å². The number of fused-ring (bicyclic) bond motifs is 1. The van der Waals surface area contributed by atoms with Crippen LogP contribution in [0, 0.1) is 11.8 Å². The van der Waals surface area contributed by atoms with Gasteiger partial charge in [-0.05, 0) is 36.8 Å². The lowest BCUT2D eigenvalue weighted by Crippen LogP contribution is -2.48. The quantitative estimate of drug-likeness (QED) is 0.926. The smallest absolute Gasteiger partial charge is 0.287 e. The molecule has 1 N–H and O–H groups in total. The molecule has 0 unspecified atom stereocenters. The summed E-state index contributed by atoms with van der Waals surface area (Å²) in [6, 6.07) is 3.25. The van der Waals surface area contributed by atoms with E-state index in [1.165, 1.54) is 31.9 Å². The summed E-state index contributed by atoms with van der Waals surface area (Å²) in [6.45, 7) is 1.74. The molecule has 3 rings (SSSR count). The molecule has 0 aromatic carbocycles. The van der Waals surface area contributed by atoms with Gasteiger partial charge in [0, 0.05) is 13.1 Å². The van der Waals surface area contributed by atoms with Crippen LogP contribution in [0.4, 0.5) is 0 Å². The van der Waals surface area contributed by atoms with E-state index in [2.05, 4.69) is 5.32 Å². The van der Waals surface area contributed by atoms with Crippen LogP contribution < -0.4 is 5.32 Å². The maximum atomic E-state index is 12.2. The summed E-state index contributed by atoms with van der Waals surface area (Å²) in [5, 5.41) is 2.63. The van der Waals surface area contributed by atoms with Gasteiger partial charge >= 0.3 is 0 Å². The highest BCUT2D eigenvalue weighted by atomic mass is 16.3. The zero-order valence-corrected chi connectivity index (χ0v) is 12.2. The summed E-state index contributed by atoms with van der Waals surface area (Å²) in [4.78, 5) is 25.9. The second-order valence-electron chi connectivity index (χ2n) is 6.09. The number of hydrogen-bond donors (Lipinski definition) is 1. The molecule has 2 amide bonds. The monoisotopic (exact) mass is 290 g/mol. The van der Waals surface area contributed by atoms with E-state index >= 15 is 0 Å². The van der Waals surface area contributed by atoms with Gasteiger partial charge in [-0.25, -0.2) is 0 Å². The van der Waals surface area contributed by atoms with Crippen LogP contribution in [-0.2, 0) is 4.79 Å². The molecule has 1 aliphatic heterocycles. The molecule has 2 fully saturated rings. The van der Waals surface area contributed by atoms with Crippen LogP contribution >= 0.6 is 0 Å². The second-order valence-corrected chi connectivity index (χ2v) is 6.09. The minimum absolute atomic E-state index is 0.0129. The fraction of sp³-hybridized carbons (Fsp3) is 0.625. The van der Waals surface area contributed by atoms with Crippen LogP contribution in [0.15, 0.2) is 22.8 Å². The van der Waals surface area contributed by atoms with Crippen LogP contribution in [0.5, 0.6) is 0 Å². The molecule has 1 aromatic rings. The molecule has 1 saturated carbocycles. The molecule has 5 nitrogen and oxygen atoms in total. The van der Waals surface area contributed by atoms with E-state index in [1.54, 1.807) is 12.1 Å². The molecular weight excluding hydrogens is 268 g/mol. The van der Waals surface area contributed by atoms with Crippen molar-refractivity contribution >= 4 is 11.8 Å². The summed E-state index contributed by atoms with van der Waals surface area (Å²) in [5.41, 5.74) is 0. The number of likely N-dealkylation sites (tertiary alicyclic amines) is 1. The first kappa shape index (κ1) is 14.2. The lowest BCUT2D eigenvalue weighted by atomic mass is 9.75. The Hall–Kier alpha value is -1.78. The zero-order valence-electron chi connectivity index (χ0n) is 12.2. The van der Waals surface area contributed by atoms with Gasteiger partial charge in [-0.15, -0.1) is 0 Å². The van der Waals surface area contributed by atoms with Crippen molar-refractivity contribution in [3.05, 3.63) is 24.2 Å². The van der Waals surface area contributed by atoms with Crippen molar-refractivity contribution in [2.45, 2.75) is 32.1 Å². The van der Waals surface area contributed by atoms with Gasteiger partial charge in [0.15, 0.2) is 5.76 Å². The minimum atomic E-state index is -0.332. The molecule has 0 radical (unpaired) electrons. The maximum Gasteiger partial charge on any atom is 0.287 e. The van der Waals surface area contributed by atoms with Gasteiger partial charge in [-0.3, -0.25) is 9.59 Å². The van der Waals surface area contributed by atoms with E-state index in [4.69, 9.17) is 4.42 Å². The van der Waals surface area contributed by atoms with Gasteiger partial charge in [0.25, 0.3) is 5.91 Å². The van der Waals surface area contributed by atoms with E-state index in [0.29, 0.717) is 5.92 Å². The molecule has 0 bridgehead atoms. The van der Waals surface area contributed by atoms with E-state index in [9.17, 15) is 9.59 Å². The molecule has 21 heavy (non-hydrogen) atoms. The van der Waals surface area contributed by atoms with Gasteiger partial charge in [0.05, 0.1) is 12.8 Å². The van der Waals surface area contributed by atoms with Gasteiger partial charge in [0.1, 0.15) is 0 Å². The number of amides is 2. The topological polar surface area (TPSA) is 62.6 Å². The van der Waals surface area contributed by atoms with Crippen LogP contribution in [0.25, 0.3) is 0 Å². The number of carbonyl (C=O) groups is 2. The summed E-state index contributed by atoms with van der Waals surface area (Å²) in [7, 11) is 0. The van der Waals surface area contributed by atoms with Gasteiger partial charge < -0.3 is 14.6 Å². The fourth-order valence-corrected chi connectivity index (χ4v) is 3.59. The SMILES string of the molecule is O=C(NCC(=O)N1CC[C@@H]2CCCC[C@H]2C1)c1ccco1. The maximum absolute atomic E-state index is 12.2. The predicted octanol–water partition coefficient (Wildman–Crippen LogP) is 2.05. The molecule has 2 atom stereocenters. The lowest BCUT2D eigenvalue weighted by molar-refractivity contribution is -0.133. The number of piperidine rings is 1. The van der Waals surface area contributed by atoms with Crippen molar-refractivity contribution in [2.75, 3.05) is 19.6 Å². The first-order valence-corrected chi connectivity index (χ1v) is 7.83. The number of hydrogen-bond acceptors (Lipinski definition) is 3. The van der Waals surface area contributed by atoms with E-state index in [0.717, 1.165) is 25.4 Å². The molecule has 1 aromatic heterocycles. The van der Waals surface area contributed by atoms with Crippen LogP contribution in [0.2, 0.25) is 0 Å². The highest BCUT2D eigenvalue weighted by Crippen LogP contribution is 2.35. The van der Waals surface area contributed by atoms with Gasteiger partial charge in [-0.1, -0.05) is 19.3 Å². The second kappa shape index (κ2) is 6.33. The largest absolute Gasteiger partial charge is 0.459 e. The van der Waals surface area contributed by atoms with Crippen molar-refractivity contribution in [3.63, 3.8) is 0 Å². The molecule has 114 valence electrons. The van der Waals surface area contributed by atoms with Crippen molar-refractivity contribution in [2.24, 2.45) is 11.8 Å². The summed E-state index contributed by atoms with van der Waals surface area (Å²) >= 11 is 0. The third-order valence-electron chi connectivity index (χ3n) is 4.79. The molecule has 2 heterocycles. The zero-order chi connectivity index (χ0) is 14.7. The molecule has 5 heteroatoms. The fourth-order valence-electron chi connectivity index (χ4n) is 3.59. The molecule has 1 aliphatic carbocycles. The van der Waals surface area contributed by atoms with Crippen LogP contribution in [0.3, 0.4) is 0 Å². The number of nitrogens with zero attached hydrogens (tertiary/aromatic N) is 1. The van der Waals surface area contributed by atoms with Crippen LogP contribution in [-0.4, -0.2) is 36.3 Å². The highest BCUT2D eigenvalue weighted by Gasteiger charge is 2.32. The Balaban J connectivity index is 1.48. The third kappa shape index (κ3) is 3.28. The number of rotatable bonds is 3. The molecule has 0 spiro atoms.